The van der Waals surface area contributed by atoms with Gasteiger partial charge in [-0.15, -0.1) is 0 Å². The first-order valence-corrected chi connectivity index (χ1v) is 9.28. The molecule has 128 valence electrons. The maximum atomic E-state index is 10.1. The van der Waals surface area contributed by atoms with Gasteiger partial charge in [0, 0.05) is 0 Å². The molecule has 0 atom stereocenters. The van der Waals surface area contributed by atoms with Crippen molar-refractivity contribution in [3.63, 3.8) is 0 Å². The minimum Gasteiger partial charge on any atom is -0.268 e. The van der Waals surface area contributed by atoms with Gasteiger partial charge in [0.1, 0.15) is 0 Å². The smallest absolute Gasteiger partial charge is 0.0717 e. The Kier molecular flexibility index (Phi) is 9.96. The SMILES string of the molecule is CCCCCC1=NNN(O)C(CCCCC)=C1CCCCC. The lowest BCUT2D eigenvalue weighted by Gasteiger charge is -2.28. The van der Waals surface area contributed by atoms with E-state index in [1.165, 1.54) is 62.7 Å². The summed E-state index contributed by atoms with van der Waals surface area (Å²) in [7, 11) is 0. The van der Waals surface area contributed by atoms with E-state index in [-0.39, 0.29) is 0 Å². The molecule has 0 bridgehead atoms. The van der Waals surface area contributed by atoms with E-state index in [0.29, 0.717) is 0 Å². The molecule has 22 heavy (non-hydrogen) atoms. The molecule has 0 aromatic carbocycles. The molecule has 1 aliphatic rings. The van der Waals surface area contributed by atoms with Crippen molar-refractivity contribution >= 4 is 5.71 Å². The van der Waals surface area contributed by atoms with Crippen LogP contribution in [0.5, 0.6) is 0 Å². The van der Waals surface area contributed by atoms with E-state index in [9.17, 15) is 5.21 Å². The molecule has 1 heterocycles. The lowest BCUT2D eigenvalue weighted by atomic mass is 9.94. The molecule has 0 saturated carbocycles. The van der Waals surface area contributed by atoms with Crippen molar-refractivity contribution < 1.29 is 5.21 Å². The van der Waals surface area contributed by atoms with Gasteiger partial charge in [-0.25, -0.2) is 0 Å². The third-order valence-corrected chi connectivity index (χ3v) is 4.30. The van der Waals surface area contributed by atoms with Crippen LogP contribution in [0.25, 0.3) is 0 Å². The first-order chi connectivity index (χ1) is 10.7. The van der Waals surface area contributed by atoms with Crippen LogP contribution >= 0.6 is 0 Å². The second kappa shape index (κ2) is 11.5. The van der Waals surface area contributed by atoms with Gasteiger partial charge in [-0.05, 0) is 44.1 Å². The molecule has 0 fully saturated rings. The Hall–Kier alpha value is -1.03. The van der Waals surface area contributed by atoms with Gasteiger partial charge < -0.3 is 0 Å². The Morgan fingerprint density at radius 2 is 1.36 bits per heavy atom. The second-order valence-corrected chi connectivity index (χ2v) is 6.27. The van der Waals surface area contributed by atoms with Crippen LogP contribution in [0.2, 0.25) is 0 Å². The number of hydrogen-bond acceptors (Lipinski definition) is 4. The minimum absolute atomic E-state index is 0.936. The van der Waals surface area contributed by atoms with Crippen molar-refractivity contribution in [2.75, 3.05) is 0 Å². The summed E-state index contributed by atoms with van der Waals surface area (Å²) in [5, 5.41) is 15.7. The van der Waals surface area contributed by atoms with Crippen LogP contribution in [0.3, 0.4) is 0 Å². The van der Waals surface area contributed by atoms with E-state index in [1.807, 2.05) is 0 Å². The van der Waals surface area contributed by atoms with E-state index in [1.54, 1.807) is 0 Å². The molecule has 0 aliphatic carbocycles. The maximum absolute atomic E-state index is 10.1. The number of hydroxylamine groups is 1. The van der Waals surface area contributed by atoms with Crippen molar-refractivity contribution in [2.45, 2.75) is 97.8 Å². The summed E-state index contributed by atoms with van der Waals surface area (Å²) in [6.07, 6.45) is 13.8. The fourth-order valence-corrected chi connectivity index (χ4v) is 2.92. The summed E-state index contributed by atoms with van der Waals surface area (Å²) >= 11 is 0. The van der Waals surface area contributed by atoms with Crippen LogP contribution in [0.1, 0.15) is 97.8 Å². The molecule has 0 unspecified atom stereocenters. The first-order valence-electron chi connectivity index (χ1n) is 9.28. The van der Waals surface area contributed by atoms with Crippen LogP contribution in [-0.4, -0.2) is 16.1 Å². The van der Waals surface area contributed by atoms with Crippen LogP contribution in [0, 0.1) is 0 Å². The minimum atomic E-state index is 0.936. The zero-order valence-corrected chi connectivity index (χ0v) is 14.8. The van der Waals surface area contributed by atoms with Gasteiger partial charge in [0.05, 0.1) is 11.4 Å². The highest BCUT2D eigenvalue weighted by Crippen LogP contribution is 2.26. The Bertz CT molecular complexity index is 363. The molecule has 0 spiro atoms. The van der Waals surface area contributed by atoms with Gasteiger partial charge in [-0.2, -0.15) is 15.8 Å². The molecule has 0 aromatic heterocycles. The number of hydrogen-bond donors (Lipinski definition) is 2. The molecule has 1 rings (SSSR count). The molecule has 4 nitrogen and oxygen atoms in total. The number of allylic oxidation sites excluding steroid dienone is 2. The van der Waals surface area contributed by atoms with E-state index in [4.69, 9.17) is 0 Å². The third kappa shape index (κ3) is 6.39. The largest absolute Gasteiger partial charge is 0.268 e. The van der Waals surface area contributed by atoms with E-state index in [0.717, 1.165) is 36.6 Å². The Morgan fingerprint density at radius 3 is 1.95 bits per heavy atom. The first kappa shape index (κ1) is 19.0. The maximum Gasteiger partial charge on any atom is 0.0717 e. The molecule has 4 heteroatoms. The summed E-state index contributed by atoms with van der Waals surface area (Å²) < 4.78 is 0. The predicted octanol–water partition coefficient (Wildman–Crippen LogP) is 5.55. The summed E-state index contributed by atoms with van der Waals surface area (Å²) in [6.45, 7) is 6.67. The van der Waals surface area contributed by atoms with Crippen molar-refractivity contribution in [3.8, 4) is 0 Å². The van der Waals surface area contributed by atoms with Crippen LogP contribution in [0.4, 0.5) is 0 Å². The second-order valence-electron chi connectivity index (χ2n) is 6.27. The fraction of sp³-hybridized carbons (Fsp3) is 0.833. The molecule has 0 radical (unpaired) electrons. The zero-order valence-electron chi connectivity index (χ0n) is 14.8. The normalized spacial score (nSPS) is 15.1. The summed E-state index contributed by atoms with van der Waals surface area (Å²) in [5.41, 5.74) is 6.28. The molecule has 0 amide bonds. The number of unbranched alkanes of at least 4 members (excludes halogenated alkanes) is 6. The van der Waals surface area contributed by atoms with Crippen molar-refractivity contribution in [1.82, 2.24) is 10.7 Å². The molecular weight excluding hydrogens is 274 g/mol. The Morgan fingerprint density at radius 1 is 0.818 bits per heavy atom. The average Bonchev–Trinajstić information content (AvgIpc) is 2.52. The monoisotopic (exact) mass is 309 g/mol. The van der Waals surface area contributed by atoms with Crippen molar-refractivity contribution in [2.24, 2.45) is 5.10 Å². The van der Waals surface area contributed by atoms with Gasteiger partial charge in [-0.3, -0.25) is 5.21 Å². The number of rotatable bonds is 12. The number of nitrogens with one attached hydrogen (secondary N) is 1. The number of hydrazine groups is 1. The number of hydrazone groups is 1. The molecular formula is C18H35N3O. The highest BCUT2D eigenvalue weighted by Gasteiger charge is 2.21. The fourth-order valence-electron chi connectivity index (χ4n) is 2.92. The lowest BCUT2D eigenvalue weighted by Crippen LogP contribution is -2.37. The molecule has 2 N–H and O–H groups in total. The van der Waals surface area contributed by atoms with Gasteiger partial charge in [-0.1, -0.05) is 59.3 Å². The topological polar surface area (TPSA) is 47.9 Å². The Balaban J connectivity index is 2.78. The molecule has 0 aromatic rings. The van der Waals surface area contributed by atoms with Gasteiger partial charge in [0.15, 0.2) is 0 Å². The Labute approximate surface area is 136 Å². The zero-order chi connectivity index (χ0) is 16.2. The van der Waals surface area contributed by atoms with Gasteiger partial charge in [0.2, 0.25) is 0 Å². The van der Waals surface area contributed by atoms with Crippen LogP contribution in [0.15, 0.2) is 16.4 Å². The summed E-state index contributed by atoms with van der Waals surface area (Å²) in [4.78, 5) is 0. The third-order valence-electron chi connectivity index (χ3n) is 4.30. The van der Waals surface area contributed by atoms with E-state index in [2.05, 4.69) is 31.4 Å². The van der Waals surface area contributed by atoms with Gasteiger partial charge >= 0.3 is 0 Å². The van der Waals surface area contributed by atoms with E-state index >= 15 is 0 Å². The summed E-state index contributed by atoms with van der Waals surface area (Å²) in [6, 6.07) is 0. The lowest BCUT2D eigenvalue weighted by molar-refractivity contribution is -0.108. The van der Waals surface area contributed by atoms with E-state index < -0.39 is 0 Å². The standard InChI is InChI=1S/C18H35N3O/c1-4-7-10-13-16-17(14-11-8-5-2)19-20-21(22)18(16)15-12-9-6-3/h20,22H,4-15H2,1-3H3. The molecule has 1 aliphatic heterocycles. The van der Waals surface area contributed by atoms with Crippen LogP contribution < -0.4 is 5.53 Å². The predicted molar refractivity (Wildman–Crippen MR) is 93.6 cm³/mol. The van der Waals surface area contributed by atoms with Crippen LogP contribution in [-0.2, 0) is 0 Å². The highest BCUT2D eigenvalue weighted by molar-refractivity contribution is 6.00. The quantitative estimate of drug-likeness (QED) is 0.465. The van der Waals surface area contributed by atoms with Gasteiger partial charge in [0.25, 0.3) is 0 Å². The van der Waals surface area contributed by atoms with Crippen molar-refractivity contribution in [3.05, 3.63) is 11.3 Å². The summed E-state index contributed by atoms with van der Waals surface area (Å²) in [5.74, 6) is 0. The molecule has 0 saturated heterocycles. The highest BCUT2D eigenvalue weighted by atomic mass is 16.5. The number of nitrogens with zero attached hydrogens (tertiary/aromatic N) is 2. The van der Waals surface area contributed by atoms with Crippen molar-refractivity contribution in [1.29, 1.82) is 0 Å². The average molecular weight is 309 g/mol.